The van der Waals surface area contributed by atoms with E-state index in [0.717, 1.165) is 12.0 Å². The highest BCUT2D eigenvalue weighted by Crippen LogP contribution is 2.21. The van der Waals surface area contributed by atoms with Crippen molar-refractivity contribution < 1.29 is 0 Å². The predicted molar refractivity (Wildman–Crippen MR) is 147 cm³/mol. The Balaban J connectivity index is -0.000000647. The summed E-state index contributed by atoms with van der Waals surface area (Å²) < 4.78 is 0. The molecule has 1 rings (SSSR count). The van der Waals surface area contributed by atoms with Crippen molar-refractivity contribution >= 4 is 0 Å². The van der Waals surface area contributed by atoms with Crippen molar-refractivity contribution in [2.75, 3.05) is 6.54 Å². The maximum Gasteiger partial charge on any atom is 0.00669 e. The lowest BCUT2D eigenvalue weighted by atomic mass is 9.92. The fourth-order valence-electron chi connectivity index (χ4n) is 3.73. The average Bonchev–Trinajstić information content (AvgIpc) is 2.84. The summed E-state index contributed by atoms with van der Waals surface area (Å²) in [7, 11) is 0. The van der Waals surface area contributed by atoms with Gasteiger partial charge in [-0.25, -0.2) is 0 Å². The van der Waals surface area contributed by atoms with Crippen molar-refractivity contribution in [2.24, 2.45) is 5.92 Å². The van der Waals surface area contributed by atoms with E-state index in [1.165, 1.54) is 90.0 Å². The van der Waals surface area contributed by atoms with Crippen LogP contribution in [0, 0.1) is 5.92 Å². The summed E-state index contributed by atoms with van der Waals surface area (Å²) in [6.45, 7) is 22.5. The van der Waals surface area contributed by atoms with Gasteiger partial charge in [0.1, 0.15) is 0 Å². The first kappa shape index (κ1) is 34.3. The van der Waals surface area contributed by atoms with Crippen molar-refractivity contribution in [3.8, 4) is 0 Å². The zero-order chi connectivity index (χ0) is 24.0. The van der Waals surface area contributed by atoms with Gasteiger partial charge in [-0.1, -0.05) is 128 Å². The zero-order valence-electron chi connectivity index (χ0n) is 21.8. The van der Waals surface area contributed by atoms with Crippen molar-refractivity contribution in [2.45, 2.75) is 117 Å². The first-order chi connectivity index (χ1) is 15.3. The molecule has 1 N–H and O–H groups in total. The van der Waals surface area contributed by atoms with Crippen molar-refractivity contribution in [3.63, 3.8) is 0 Å². The molecule has 182 valence electrons. The SMILES string of the molecule is C=C.C=C.CCCCC(CCC)CCCCNC(CCC)CCCC.c1ccccc1. The molecule has 0 heterocycles. The summed E-state index contributed by atoms with van der Waals surface area (Å²) in [5.41, 5.74) is 0. The Morgan fingerprint density at radius 3 is 1.42 bits per heavy atom. The molecule has 0 aliphatic heterocycles. The lowest BCUT2D eigenvalue weighted by Crippen LogP contribution is -2.29. The zero-order valence-corrected chi connectivity index (χ0v) is 21.8. The molecule has 0 aliphatic carbocycles. The maximum atomic E-state index is 3.80. The van der Waals surface area contributed by atoms with Gasteiger partial charge >= 0.3 is 0 Å². The molecule has 0 fully saturated rings. The van der Waals surface area contributed by atoms with Crippen LogP contribution in [0.5, 0.6) is 0 Å². The van der Waals surface area contributed by atoms with E-state index in [4.69, 9.17) is 0 Å². The van der Waals surface area contributed by atoms with E-state index in [-0.39, 0.29) is 0 Å². The Morgan fingerprint density at radius 1 is 0.516 bits per heavy atom. The minimum absolute atomic E-state index is 0.779. The summed E-state index contributed by atoms with van der Waals surface area (Å²) in [6, 6.07) is 12.8. The molecule has 1 nitrogen and oxygen atoms in total. The Bertz CT molecular complexity index is 340. The molecule has 0 bridgehead atoms. The first-order valence-corrected chi connectivity index (χ1v) is 13.0. The number of nitrogens with one attached hydrogen (secondary N) is 1. The van der Waals surface area contributed by atoms with Gasteiger partial charge in [-0.3, -0.25) is 0 Å². The summed E-state index contributed by atoms with van der Waals surface area (Å²) in [6.07, 6.45) is 18.1. The highest BCUT2D eigenvalue weighted by Gasteiger charge is 2.08. The van der Waals surface area contributed by atoms with Gasteiger partial charge in [0.15, 0.2) is 0 Å². The Morgan fingerprint density at radius 2 is 0.968 bits per heavy atom. The van der Waals surface area contributed by atoms with Gasteiger partial charge in [0.2, 0.25) is 0 Å². The fourth-order valence-corrected chi connectivity index (χ4v) is 3.73. The molecule has 31 heavy (non-hydrogen) atoms. The van der Waals surface area contributed by atoms with Crippen LogP contribution in [0.4, 0.5) is 0 Å². The van der Waals surface area contributed by atoms with Crippen LogP contribution in [0.25, 0.3) is 0 Å². The van der Waals surface area contributed by atoms with E-state index in [0.29, 0.717) is 0 Å². The highest BCUT2D eigenvalue weighted by atomic mass is 14.9. The quantitative estimate of drug-likeness (QED) is 0.203. The minimum Gasteiger partial charge on any atom is -0.314 e. The molecule has 0 saturated heterocycles. The topological polar surface area (TPSA) is 12.0 Å². The minimum atomic E-state index is 0.779. The first-order valence-electron chi connectivity index (χ1n) is 13.0. The molecule has 2 unspecified atom stereocenters. The van der Waals surface area contributed by atoms with Gasteiger partial charge < -0.3 is 5.32 Å². The highest BCUT2D eigenvalue weighted by molar-refractivity contribution is 4.99. The molecule has 0 aromatic heterocycles. The normalized spacial score (nSPS) is 11.5. The number of hydrogen-bond acceptors (Lipinski definition) is 1. The molecule has 1 heteroatoms. The van der Waals surface area contributed by atoms with Gasteiger partial charge in [0.25, 0.3) is 0 Å². The Hall–Kier alpha value is -1.34. The van der Waals surface area contributed by atoms with Crippen molar-refractivity contribution in [1.82, 2.24) is 5.32 Å². The lowest BCUT2D eigenvalue weighted by Gasteiger charge is -2.19. The predicted octanol–water partition coefficient (Wildman–Crippen LogP) is 10.0. The number of rotatable bonds is 16. The van der Waals surface area contributed by atoms with Crippen LogP contribution in [0.1, 0.15) is 111 Å². The molecular formula is C30H57N. The van der Waals surface area contributed by atoms with E-state index in [1.807, 2.05) is 36.4 Å². The molecule has 1 aromatic carbocycles. The smallest absolute Gasteiger partial charge is 0.00669 e. The fraction of sp³-hybridized carbons (Fsp3) is 0.667. The summed E-state index contributed by atoms with van der Waals surface area (Å²) in [4.78, 5) is 0. The summed E-state index contributed by atoms with van der Waals surface area (Å²) in [5, 5.41) is 3.80. The second-order valence-electron chi connectivity index (χ2n) is 8.03. The molecule has 1 aromatic rings. The van der Waals surface area contributed by atoms with Gasteiger partial charge in [-0.2, -0.15) is 0 Å². The van der Waals surface area contributed by atoms with Crippen LogP contribution in [-0.4, -0.2) is 12.6 Å². The second kappa shape index (κ2) is 33.3. The van der Waals surface area contributed by atoms with E-state index >= 15 is 0 Å². The third-order valence-electron chi connectivity index (χ3n) is 5.34. The van der Waals surface area contributed by atoms with Crippen LogP contribution in [0.2, 0.25) is 0 Å². The largest absolute Gasteiger partial charge is 0.314 e. The van der Waals surface area contributed by atoms with Crippen LogP contribution >= 0.6 is 0 Å². The average molecular weight is 432 g/mol. The van der Waals surface area contributed by atoms with Gasteiger partial charge in [-0.15, -0.1) is 26.3 Å². The van der Waals surface area contributed by atoms with Gasteiger partial charge in [-0.05, 0) is 31.7 Å². The summed E-state index contributed by atoms with van der Waals surface area (Å²) >= 11 is 0. The molecular weight excluding hydrogens is 374 g/mol. The van der Waals surface area contributed by atoms with Crippen molar-refractivity contribution in [3.05, 3.63) is 62.7 Å². The molecule has 2 atom stereocenters. The van der Waals surface area contributed by atoms with Crippen LogP contribution in [-0.2, 0) is 0 Å². The third kappa shape index (κ3) is 28.7. The van der Waals surface area contributed by atoms with Crippen LogP contribution < -0.4 is 5.32 Å². The Kier molecular flexibility index (Phi) is 36.8. The molecule has 0 aliphatic rings. The number of benzene rings is 1. The Labute approximate surface area is 197 Å². The van der Waals surface area contributed by atoms with Gasteiger partial charge in [0.05, 0.1) is 0 Å². The molecule has 0 spiro atoms. The molecule has 0 radical (unpaired) electrons. The standard InChI is InChI=1S/C20H43N.C6H6.2C2H4/c1-5-9-15-19(13-7-3)16-11-12-18-21-20(14-8-4)17-10-6-2;1-2-4-6-5-3-1;2*1-2/h19-21H,5-18H2,1-4H3;1-6H;2*1-2H2. The maximum absolute atomic E-state index is 3.80. The van der Waals surface area contributed by atoms with E-state index in [2.05, 4.69) is 59.3 Å². The lowest BCUT2D eigenvalue weighted by molar-refractivity contribution is 0.376. The van der Waals surface area contributed by atoms with E-state index in [9.17, 15) is 0 Å². The van der Waals surface area contributed by atoms with Gasteiger partial charge in [0, 0.05) is 6.04 Å². The van der Waals surface area contributed by atoms with E-state index in [1.54, 1.807) is 0 Å². The van der Waals surface area contributed by atoms with Crippen LogP contribution in [0.15, 0.2) is 62.7 Å². The number of unbranched alkanes of at least 4 members (excludes halogenated alkanes) is 3. The molecule has 0 saturated carbocycles. The molecule has 0 amide bonds. The van der Waals surface area contributed by atoms with Crippen LogP contribution in [0.3, 0.4) is 0 Å². The van der Waals surface area contributed by atoms with Crippen molar-refractivity contribution in [1.29, 1.82) is 0 Å². The second-order valence-corrected chi connectivity index (χ2v) is 8.03. The monoisotopic (exact) mass is 431 g/mol. The summed E-state index contributed by atoms with van der Waals surface area (Å²) in [5.74, 6) is 1.00. The third-order valence-corrected chi connectivity index (χ3v) is 5.34. The van der Waals surface area contributed by atoms with E-state index < -0.39 is 0 Å². The number of hydrogen-bond donors (Lipinski definition) is 1.